The van der Waals surface area contributed by atoms with Gasteiger partial charge in [0.15, 0.2) is 5.65 Å². The first-order chi connectivity index (χ1) is 16.6. The first-order valence-electron chi connectivity index (χ1n) is 11.0. The van der Waals surface area contributed by atoms with E-state index >= 15 is 0 Å². The Labute approximate surface area is 196 Å². The van der Waals surface area contributed by atoms with E-state index in [9.17, 15) is 9.59 Å². The number of anilines is 1. The number of aryl methyl sites for hydroxylation is 1. The number of amides is 1. The molecule has 2 heterocycles. The smallest absolute Gasteiger partial charge is 0.344 e. The summed E-state index contributed by atoms with van der Waals surface area (Å²) in [5.41, 5.74) is 4.49. The number of para-hydroxylation sites is 3. The molecule has 1 amide bonds. The maximum Gasteiger partial charge on any atom is 0.344 e. The largest absolute Gasteiger partial charge is 0.462 e. The van der Waals surface area contributed by atoms with Crippen molar-refractivity contribution in [2.45, 2.75) is 13.8 Å². The van der Waals surface area contributed by atoms with Gasteiger partial charge in [-0.25, -0.2) is 14.8 Å². The Morgan fingerprint density at radius 2 is 1.53 bits per heavy atom. The van der Waals surface area contributed by atoms with Gasteiger partial charge in [-0.2, -0.15) is 0 Å². The van der Waals surface area contributed by atoms with Gasteiger partial charge in [-0.3, -0.25) is 9.36 Å². The molecule has 168 valence electrons. The molecule has 5 rings (SSSR count). The summed E-state index contributed by atoms with van der Waals surface area (Å²) in [4.78, 5) is 36.0. The van der Waals surface area contributed by atoms with Gasteiger partial charge in [-0.15, -0.1) is 0 Å². The predicted octanol–water partition coefficient (Wildman–Crippen LogP) is 5.31. The van der Waals surface area contributed by atoms with Crippen LogP contribution in [0.4, 0.5) is 5.82 Å². The van der Waals surface area contributed by atoms with Gasteiger partial charge in [-0.1, -0.05) is 48.5 Å². The lowest BCUT2D eigenvalue weighted by molar-refractivity contribution is 0.0529. The summed E-state index contributed by atoms with van der Waals surface area (Å²) in [5, 5.41) is 2.95. The first kappa shape index (κ1) is 21.3. The molecule has 0 bridgehead atoms. The Kier molecular flexibility index (Phi) is 5.51. The fourth-order valence-corrected chi connectivity index (χ4v) is 3.98. The number of nitrogens with one attached hydrogen (secondary N) is 1. The quantitative estimate of drug-likeness (QED) is 0.367. The van der Waals surface area contributed by atoms with Crippen molar-refractivity contribution in [3.05, 3.63) is 95.6 Å². The summed E-state index contributed by atoms with van der Waals surface area (Å²) in [5.74, 6) is -0.659. The number of esters is 1. The molecule has 0 unspecified atom stereocenters. The van der Waals surface area contributed by atoms with Gasteiger partial charge >= 0.3 is 5.97 Å². The summed E-state index contributed by atoms with van der Waals surface area (Å²) in [6.07, 6.45) is 0. The molecule has 0 saturated carbocycles. The molecule has 0 atom stereocenters. The molecule has 0 aliphatic heterocycles. The van der Waals surface area contributed by atoms with E-state index in [-0.39, 0.29) is 23.9 Å². The van der Waals surface area contributed by atoms with Gasteiger partial charge in [0.05, 0.1) is 23.3 Å². The molecule has 0 radical (unpaired) electrons. The number of carbonyl (C=O) groups excluding carboxylic acids is 2. The van der Waals surface area contributed by atoms with Crippen LogP contribution in [0.5, 0.6) is 0 Å². The Balaban J connectivity index is 1.86. The van der Waals surface area contributed by atoms with E-state index in [1.54, 1.807) is 35.8 Å². The molecule has 1 N–H and O–H groups in total. The highest BCUT2D eigenvalue weighted by atomic mass is 16.5. The zero-order chi connectivity index (χ0) is 23.7. The van der Waals surface area contributed by atoms with Gasteiger partial charge in [0.2, 0.25) is 0 Å². The van der Waals surface area contributed by atoms with E-state index in [1.165, 1.54) is 0 Å². The fourth-order valence-electron chi connectivity index (χ4n) is 3.98. The maximum absolute atomic E-state index is 13.2. The van der Waals surface area contributed by atoms with Crippen molar-refractivity contribution in [2.75, 3.05) is 11.9 Å². The molecule has 5 aromatic rings. The number of nitrogens with zero attached hydrogens (tertiary/aromatic N) is 3. The van der Waals surface area contributed by atoms with Crippen LogP contribution >= 0.6 is 0 Å². The summed E-state index contributed by atoms with van der Waals surface area (Å²) < 4.78 is 7.16. The zero-order valence-electron chi connectivity index (χ0n) is 18.8. The standard InChI is InChI=1S/C27H22N4O3/c1-3-34-27(33)22-23-25(29-20-15-9-8-14-19(20)28-23)31(21-16-10-7-11-17(21)2)24(22)30-26(32)18-12-5-4-6-13-18/h4-16H,3H2,1-2H3,(H,30,32). The van der Waals surface area contributed by atoms with Crippen molar-refractivity contribution in [3.63, 3.8) is 0 Å². The Bertz CT molecular complexity index is 1540. The SMILES string of the molecule is CCOC(=O)c1c(NC(=O)c2ccccc2)n(-c2ccccc2C)c2nc3ccccc3nc12. The summed E-state index contributed by atoms with van der Waals surface area (Å²) in [7, 11) is 0. The second-order valence-corrected chi connectivity index (χ2v) is 7.77. The highest BCUT2D eigenvalue weighted by Crippen LogP contribution is 2.34. The van der Waals surface area contributed by atoms with E-state index in [0.717, 1.165) is 11.3 Å². The number of fused-ring (bicyclic) bond motifs is 2. The lowest BCUT2D eigenvalue weighted by Crippen LogP contribution is -2.18. The van der Waals surface area contributed by atoms with Crippen molar-refractivity contribution in [3.8, 4) is 5.69 Å². The van der Waals surface area contributed by atoms with Gasteiger partial charge in [0.25, 0.3) is 5.91 Å². The maximum atomic E-state index is 13.2. The van der Waals surface area contributed by atoms with E-state index in [0.29, 0.717) is 27.8 Å². The van der Waals surface area contributed by atoms with E-state index in [1.807, 2.05) is 61.5 Å². The lowest BCUT2D eigenvalue weighted by Gasteiger charge is -2.14. The van der Waals surface area contributed by atoms with E-state index < -0.39 is 5.97 Å². The highest BCUT2D eigenvalue weighted by molar-refractivity contribution is 6.14. The Morgan fingerprint density at radius 1 is 0.882 bits per heavy atom. The number of aromatic nitrogens is 3. The van der Waals surface area contributed by atoms with Crippen molar-refractivity contribution in [1.82, 2.24) is 14.5 Å². The Hall–Kier alpha value is -4.52. The average Bonchev–Trinajstić information content (AvgIpc) is 3.16. The number of benzene rings is 3. The van der Waals surface area contributed by atoms with Crippen LogP contribution in [-0.2, 0) is 4.74 Å². The van der Waals surface area contributed by atoms with E-state index in [4.69, 9.17) is 14.7 Å². The van der Waals surface area contributed by atoms with Crippen LogP contribution in [0.25, 0.3) is 27.9 Å². The molecule has 34 heavy (non-hydrogen) atoms. The van der Waals surface area contributed by atoms with Crippen LogP contribution in [0.2, 0.25) is 0 Å². The minimum atomic E-state index is -0.576. The molecular formula is C27H22N4O3. The second kappa shape index (κ2) is 8.78. The molecule has 0 fully saturated rings. The predicted molar refractivity (Wildman–Crippen MR) is 131 cm³/mol. The van der Waals surface area contributed by atoms with Gasteiger partial charge in [-0.05, 0) is 49.7 Å². The van der Waals surface area contributed by atoms with Crippen LogP contribution in [-0.4, -0.2) is 33.0 Å². The minimum Gasteiger partial charge on any atom is -0.462 e. The highest BCUT2D eigenvalue weighted by Gasteiger charge is 2.29. The molecule has 2 aromatic heterocycles. The van der Waals surface area contributed by atoms with Gasteiger partial charge in [0.1, 0.15) is 16.9 Å². The second-order valence-electron chi connectivity index (χ2n) is 7.77. The third-order valence-electron chi connectivity index (χ3n) is 5.56. The van der Waals surface area contributed by atoms with Gasteiger partial charge < -0.3 is 10.1 Å². The third kappa shape index (κ3) is 3.67. The van der Waals surface area contributed by atoms with Crippen molar-refractivity contribution in [2.24, 2.45) is 0 Å². The molecule has 0 aliphatic rings. The average molecular weight is 450 g/mol. The van der Waals surface area contributed by atoms with Crippen LogP contribution in [0.1, 0.15) is 33.2 Å². The zero-order valence-corrected chi connectivity index (χ0v) is 18.8. The van der Waals surface area contributed by atoms with Crippen LogP contribution in [0.3, 0.4) is 0 Å². The van der Waals surface area contributed by atoms with Crippen molar-refractivity contribution < 1.29 is 14.3 Å². The molecule has 7 heteroatoms. The van der Waals surface area contributed by atoms with Crippen molar-refractivity contribution >= 4 is 39.9 Å². The topological polar surface area (TPSA) is 86.1 Å². The minimum absolute atomic E-state index is 0.169. The molecular weight excluding hydrogens is 428 g/mol. The molecule has 3 aromatic carbocycles. The number of hydrogen-bond acceptors (Lipinski definition) is 5. The van der Waals surface area contributed by atoms with Crippen molar-refractivity contribution in [1.29, 1.82) is 0 Å². The number of hydrogen-bond donors (Lipinski definition) is 1. The van der Waals surface area contributed by atoms with Crippen LogP contribution in [0.15, 0.2) is 78.9 Å². The fraction of sp³-hybridized carbons (Fsp3) is 0.111. The number of rotatable bonds is 5. The van der Waals surface area contributed by atoms with Crippen LogP contribution < -0.4 is 5.32 Å². The summed E-state index contributed by atoms with van der Waals surface area (Å²) in [6.45, 7) is 3.88. The summed E-state index contributed by atoms with van der Waals surface area (Å²) >= 11 is 0. The normalized spacial score (nSPS) is 11.0. The molecule has 0 saturated heterocycles. The third-order valence-corrected chi connectivity index (χ3v) is 5.56. The molecule has 7 nitrogen and oxygen atoms in total. The summed E-state index contributed by atoms with van der Waals surface area (Å²) in [6, 6.07) is 24.0. The van der Waals surface area contributed by atoms with Crippen LogP contribution in [0, 0.1) is 6.92 Å². The lowest BCUT2D eigenvalue weighted by atomic mass is 10.2. The monoisotopic (exact) mass is 450 g/mol. The molecule has 0 aliphatic carbocycles. The van der Waals surface area contributed by atoms with Gasteiger partial charge in [0, 0.05) is 5.56 Å². The number of ether oxygens (including phenoxy) is 1. The van der Waals surface area contributed by atoms with E-state index in [2.05, 4.69) is 5.32 Å². The first-order valence-corrected chi connectivity index (χ1v) is 11.0. The Morgan fingerprint density at radius 3 is 2.24 bits per heavy atom. The molecule has 0 spiro atoms. The number of carbonyl (C=O) groups is 2.